The van der Waals surface area contributed by atoms with Crippen molar-refractivity contribution in [1.29, 1.82) is 0 Å². The molecule has 2 N–H and O–H groups in total. The number of nitrogens with zero attached hydrogens (tertiary/aromatic N) is 2. The Morgan fingerprint density at radius 1 is 1.62 bits per heavy atom. The van der Waals surface area contributed by atoms with E-state index in [0.29, 0.717) is 5.69 Å². The lowest BCUT2D eigenvalue weighted by molar-refractivity contribution is -0.138. The van der Waals surface area contributed by atoms with Crippen LogP contribution in [0, 0.1) is 6.92 Å². The van der Waals surface area contributed by atoms with Crippen LogP contribution in [0.15, 0.2) is 11.1 Å². The van der Waals surface area contributed by atoms with Gasteiger partial charge in [0.05, 0.1) is 11.9 Å². The summed E-state index contributed by atoms with van der Waals surface area (Å²) in [5, 5.41) is 12.4. The molecule has 0 spiro atoms. The van der Waals surface area contributed by atoms with Crippen molar-refractivity contribution < 1.29 is 18.3 Å². The SMILES string of the molecule is Cc1c(S(=O)(=O)N[C@H](C)C(=O)O)cnn1C. The predicted octanol–water partition coefficient (Wildman–Crippen LogP) is -0.520. The highest BCUT2D eigenvalue weighted by molar-refractivity contribution is 7.89. The van der Waals surface area contributed by atoms with Crippen molar-refractivity contribution in [2.75, 3.05) is 0 Å². The van der Waals surface area contributed by atoms with Crippen molar-refractivity contribution in [2.45, 2.75) is 24.8 Å². The summed E-state index contributed by atoms with van der Waals surface area (Å²) in [4.78, 5) is 10.5. The van der Waals surface area contributed by atoms with Crippen LogP contribution < -0.4 is 4.72 Å². The van der Waals surface area contributed by atoms with E-state index in [-0.39, 0.29) is 4.90 Å². The third-order valence-electron chi connectivity index (χ3n) is 2.18. The number of aryl methyl sites for hydroxylation is 1. The van der Waals surface area contributed by atoms with Crippen LogP contribution in [-0.2, 0) is 21.9 Å². The van der Waals surface area contributed by atoms with E-state index in [1.807, 2.05) is 4.72 Å². The van der Waals surface area contributed by atoms with Crippen molar-refractivity contribution in [3.05, 3.63) is 11.9 Å². The second kappa shape index (κ2) is 4.22. The molecule has 1 rings (SSSR count). The lowest BCUT2D eigenvalue weighted by Gasteiger charge is -2.09. The van der Waals surface area contributed by atoms with Crippen LogP contribution >= 0.6 is 0 Å². The van der Waals surface area contributed by atoms with Crippen molar-refractivity contribution in [1.82, 2.24) is 14.5 Å². The quantitative estimate of drug-likeness (QED) is 0.745. The van der Waals surface area contributed by atoms with Gasteiger partial charge in [0.15, 0.2) is 0 Å². The molecule has 16 heavy (non-hydrogen) atoms. The number of carboxylic acids is 1. The van der Waals surface area contributed by atoms with E-state index in [9.17, 15) is 13.2 Å². The summed E-state index contributed by atoms with van der Waals surface area (Å²) in [6, 6.07) is -1.18. The van der Waals surface area contributed by atoms with Crippen molar-refractivity contribution >= 4 is 16.0 Å². The Hall–Kier alpha value is -1.41. The summed E-state index contributed by atoms with van der Waals surface area (Å²) in [5.74, 6) is -1.23. The largest absolute Gasteiger partial charge is 0.480 e. The Bertz CT molecular complexity index is 505. The number of hydrogen-bond donors (Lipinski definition) is 2. The first-order valence-electron chi connectivity index (χ1n) is 4.49. The molecule has 0 aromatic carbocycles. The molecule has 0 bridgehead atoms. The molecule has 0 amide bonds. The number of rotatable bonds is 4. The van der Waals surface area contributed by atoms with Gasteiger partial charge in [-0.3, -0.25) is 9.48 Å². The number of carboxylic acid groups (broad SMARTS) is 1. The van der Waals surface area contributed by atoms with Gasteiger partial charge in [-0.05, 0) is 13.8 Å². The number of nitrogens with one attached hydrogen (secondary N) is 1. The van der Waals surface area contributed by atoms with Gasteiger partial charge < -0.3 is 5.11 Å². The monoisotopic (exact) mass is 247 g/mol. The first kappa shape index (κ1) is 12.7. The van der Waals surface area contributed by atoms with E-state index in [2.05, 4.69) is 5.10 Å². The van der Waals surface area contributed by atoms with Gasteiger partial charge in [0, 0.05) is 7.05 Å². The molecular formula is C8H13N3O4S. The number of aromatic nitrogens is 2. The molecule has 1 heterocycles. The maximum atomic E-state index is 11.8. The lowest BCUT2D eigenvalue weighted by Crippen LogP contribution is -2.38. The Kier molecular flexibility index (Phi) is 3.34. The fourth-order valence-electron chi connectivity index (χ4n) is 1.09. The van der Waals surface area contributed by atoms with Crippen LogP contribution in [0.2, 0.25) is 0 Å². The molecule has 1 aromatic rings. The number of sulfonamides is 1. The Labute approximate surface area is 93.1 Å². The highest BCUT2D eigenvalue weighted by Crippen LogP contribution is 2.13. The van der Waals surface area contributed by atoms with Crippen molar-refractivity contribution in [2.24, 2.45) is 7.05 Å². The van der Waals surface area contributed by atoms with Gasteiger partial charge in [0.2, 0.25) is 10.0 Å². The van der Waals surface area contributed by atoms with Crippen LogP contribution in [0.1, 0.15) is 12.6 Å². The van der Waals surface area contributed by atoms with Crippen molar-refractivity contribution in [3.8, 4) is 0 Å². The molecule has 1 aromatic heterocycles. The van der Waals surface area contributed by atoms with Crippen LogP contribution in [-0.4, -0.2) is 35.3 Å². The maximum Gasteiger partial charge on any atom is 0.321 e. The smallest absolute Gasteiger partial charge is 0.321 e. The maximum absolute atomic E-state index is 11.8. The van der Waals surface area contributed by atoms with Gasteiger partial charge in [-0.25, -0.2) is 8.42 Å². The average Bonchev–Trinajstić information content (AvgIpc) is 2.47. The van der Waals surface area contributed by atoms with Gasteiger partial charge in [0.1, 0.15) is 10.9 Å². The molecule has 7 nitrogen and oxygen atoms in total. The summed E-state index contributed by atoms with van der Waals surface area (Å²) in [6.07, 6.45) is 1.19. The van der Waals surface area contributed by atoms with Gasteiger partial charge in [-0.1, -0.05) is 0 Å². The second-order valence-corrected chi connectivity index (χ2v) is 5.08. The first-order chi connectivity index (χ1) is 7.25. The van der Waals surface area contributed by atoms with E-state index < -0.39 is 22.0 Å². The lowest BCUT2D eigenvalue weighted by atomic mass is 10.4. The molecule has 1 atom stereocenters. The Morgan fingerprint density at radius 3 is 2.56 bits per heavy atom. The van der Waals surface area contributed by atoms with E-state index in [0.717, 1.165) is 0 Å². The zero-order valence-electron chi connectivity index (χ0n) is 9.13. The van der Waals surface area contributed by atoms with Crippen LogP contribution in [0.4, 0.5) is 0 Å². The van der Waals surface area contributed by atoms with E-state index in [4.69, 9.17) is 5.11 Å². The highest BCUT2D eigenvalue weighted by Gasteiger charge is 2.24. The Balaban J connectivity index is 3.04. The molecule has 0 aliphatic rings. The van der Waals surface area contributed by atoms with Gasteiger partial charge in [-0.2, -0.15) is 9.82 Å². The number of carbonyl (C=O) groups is 1. The van der Waals surface area contributed by atoms with E-state index >= 15 is 0 Å². The molecule has 0 unspecified atom stereocenters. The van der Waals surface area contributed by atoms with E-state index in [1.165, 1.54) is 17.8 Å². The predicted molar refractivity (Wildman–Crippen MR) is 55.4 cm³/mol. The van der Waals surface area contributed by atoms with Gasteiger partial charge in [0.25, 0.3) is 0 Å². The minimum absolute atomic E-state index is 0.0110. The number of hydrogen-bond acceptors (Lipinski definition) is 4. The van der Waals surface area contributed by atoms with Crippen molar-refractivity contribution in [3.63, 3.8) is 0 Å². The van der Waals surface area contributed by atoms with Crippen LogP contribution in [0.3, 0.4) is 0 Å². The fraction of sp³-hybridized carbons (Fsp3) is 0.500. The molecule has 90 valence electrons. The van der Waals surface area contributed by atoms with Gasteiger partial charge >= 0.3 is 5.97 Å². The normalized spacial score (nSPS) is 13.7. The highest BCUT2D eigenvalue weighted by atomic mass is 32.2. The zero-order chi connectivity index (χ0) is 12.5. The molecule has 0 radical (unpaired) electrons. The molecule has 0 saturated carbocycles. The molecule has 0 aliphatic heterocycles. The standard InChI is InChI=1S/C8H13N3O4S/c1-5(8(12)13)10-16(14,15)7-4-9-11(3)6(7)2/h4-5,10H,1-3H3,(H,12,13)/t5-/m1/s1. The van der Waals surface area contributed by atoms with Gasteiger partial charge in [-0.15, -0.1) is 0 Å². The second-order valence-electron chi connectivity index (χ2n) is 3.40. The minimum Gasteiger partial charge on any atom is -0.480 e. The number of aliphatic carboxylic acids is 1. The molecule has 0 aliphatic carbocycles. The third-order valence-corrected chi connectivity index (χ3v) is 3.83. The molecule has 0 saturated heterocycles. The topological polar surface area (TPSA) is 101 Å². The molecular weight excluding hydrogens is 234 g/mol. The van der Waals surface area contributed by atoms with E-state index in [1.54, 1.807) is 14.0 Å². The molecule has 8 heteroatoms. The Morgan fingerprint density at radius 2 is 2.19 bits per heavy atom. The zero-order valence-corrected chi connectivity index (χ0v) is 9.95. The summed E-state index contributed by atoms with van der Waals surface area (Å²) < 4.78 is 27.0. The molecule has 0 fully saturated rings. The third kappa shape index (κ3) is 2.39. The van der Waals surface area contributed by atoms with Crippen LogP contribution in [0.25, 0.3) is 0 Å². The summed E-state index contributed by atoms with van der Waals surface area (Å²) in [5.41, 5.74) is 0.449. The summed E-state index contributed by atoms with van der Waals surface area (Å²) in [6.45, 7) is 2.85. The summed E-state index contributed by atoms with van der Waals surface area (Å²) >= 11 is 0. The first-order valence-corrected chi connectivity index (χ1v) is 5.97. The average molecular weight is 247 g/mol. The summed E-state index contributed by atoms with van der Waals surface area (Å²) in [7, 11) is -2.22. The fourth-order valence-corrected chi connectivity index (χ4v) is 2.49. The minimum atomic E-state index is -3.83. The van der Waals surface area contributed by atoms with Crippen LogP contribution in [0.5, 0.6) is 0 Å².